The Kier molecular flexibility index (Phi) is 9.70. The van der Waals surface area contributed by atoms with Gasteiger partial charge in [0.2, 0.25) is 0 Å². The van der Waals surface area contributed by atoms with E-state index < -0.39 is 5.60 Å². The van der Waals surface area contributed by atoms with E-state index in [1.807, 2.05) is 54.5 Å². The molecule has 0 unspecified atom stereocenters. The summed E-state index contributed by atoms with van der Waals surface area (Å²) in [5, 5.41) is 12.8. The number of phenolic OH excluding ortho intramolecular Hbond substituents is 1. The number of nitrogens with one attached hydrogen (secondary N) is 1. The average molecular weight is 484 g/mol. The van der Waals surface area contributed by atoms with Crippen LogP contribution in [0.4, 0.5) is 4.79 Å². The van der Waals surface area contributed by atoms with Crippen LogP contribution in [0.15, 0.2) is 18.5 Å². The van der Waals surface area contributed by atoms with Gasteiger partial charge < -0.3 is 15.2 Å². The summed E-state index contributed by atoms with van der Waals surface area (Å²) < 4.78 is 5.19. The van der Waals surface area contributed by atoms with E-state index in [0.717, 1.165) is 41.8 Å². The summed E-state index contributed by atoms with van der Waals surface area (Å²) >= 11 is 0. The number of hydrogen-bond acceptors (Lipinski definition) is 5. The van der Waals surface area contributed by atoms with Crippen LogP contribution < -0.4 is 5.32 Å². The van der Waals surface area contributed by atoms with Gasteiger partial charge in [-0.1, -0.05) is 47.0 Å². The lowest BCUT2D eigenvalue weighted by Gasteiger charge is -2.35. The number of phenols is 1. The fourth-order valence-electron chi connectivity index (χ4n) is 4.93. The smallest absolute Gasteiger partial charge is 0.407 e. The van der Waals surface area contributed by atoms with Crippen molar-refractivity contribution in [3.8, 4) is 17.0 Å². The zero-order valence-corrected chi connectivity index (χ0v) is 23.2. The first-order chi connectivity index (χ1) is 16.4. The van der Waals surface area contributed by atoms with E-state index in [1.54, 1.807) is 12.4 Å². The van der Waals surface area contributed by atoms with Crippen LogP contribution in [0.1, 0.15) is 103 Å². The summed E-state index contributed by atoms with van der Waals surface area (Å²) in [5.41, 5.74) is 6.20. The molecule has 0 saturated heterocycles. The van der Waals surface area contributed by atoms with Gasteiger partial charge >= 0.3 is 6.09 Å². The number of benzene rings is 1. The van der Waals surface area contributed by atoms with Crippen molar-refractivity contribution >= 4 is 6.09 Å². The zero-order valence-electron chi connectivity index (χ0n) is 23.2. The maximum atomic E-state index is 11.4. The lowest BCUT2D eigenvalue weighted by molar-refractivity contribution is 0.0493. The number of aromatic nitrogens is 2. The van der Waals surface area contributed by atoms with E-state index in [-0.39, 0.29) is 11.5 Å². The van der Waals surface area contributed by atoms with E-state index in [4.69, 9.17) is 4.74 Å². The predicted molar refractivity (Wildman–Crippen MR) is 143 cm³/mol. The fraction of sp³-hybridized carbons (Fsp3) is 0.621. The fourth-order valence-corrected chi connectivity index (χ4v) is 4.93. The third-order valence-corrected chi connectivity index (χ3v) is 6.48. The maximum Gasteiger partial charge on any atom is 0.407 e. The predicted octanol–water partition coefficient (Wildman–Crippen LogP) is 7.17. The van der Waals surface area contributed by atoms with Crippen molar-refractivity contribution in [1.82, 2.24) is 15.3 Å². The average Bonchev–Trinajstić information content (AvgIpc) is 2.77. The lowest BCUT2D eigenvalue weighted by atomic mass is 9.70. The summed E-state index contributed by atoms with van der Waals surface area (Å²) in [4.78, 5) is 20.2. The Labute approximate surface area is 211 Å². The first-order valence-corrected chi connectivity index (χ1v) is 13.0. The van der Waals surface area contributed by atoms with Crippen LogP contribution in [0.3, 0.4) is 0 Å². The van der Waals surface area contributed by atoms with Crippen LogP contribution in [-0.2, 0) is 16.6 Å². The minimum Gasteiger partial charge on any atom is -0.508 e. The summed E-state index contributed by atoms with van der Waals surface area (Å²) in [7, 11) is 0. The molecular weight excluding hydrogens is 438 g/mol. The molecule has 35 heavy (non-hydrogen) atoms. The van der Waals surface area contributed by atoms with Crippen molar-refractivity contribution in [1.29, 1.82) is 0 Å². The minimum atomic E-state index is -0.390. The Morgan fingerprint density at radius 1 is 1.09 bits per heavy atom. The van der Waals surface area contributed by atoms with Gasteiger partial charge in [-0.25, -0.2) is 14.8 Å². The Hall–Kier alpha value is -2.63. The molecule has 0 bridgehead atoms. The number of aryl methyl sites for hydroxylation is 1. The third-order valence-electron chi connectivity index (χ3n) is 6.48. The highest BCUT2D eigenvalue weighted by atomic mass is 16.6. The van der Waals surface area contributed by atoms with Crippen LogP contribution in [0, 0.1) is 13.8 Å². The molecule has 2 aliphatic rings. The van der Waals surface area contributed by atoms with Crippen LogP contribution in [0.5, 0.6) is 5.75 Å². The topological polar surface area (TPSA) is 84.3 Å². The molecule has 2 N–H and O–H groups in total. The molecule has 1 aromatic carbocycles. The van der Waals surface area contributed by atoms with Gasteiger partial charge in [-0.05, 0) is 82.6 Å². The second-order valence-corrected chi connectivity index (χ2v) is 11.0. The first-order valence-electron chi connectivity index (χ1n) is 13.0. The summed E-state index contributed by atoms with van der Waals surface area (Å²) in [6.45, 7) is 18.1. The number of amides is 1. The molecule has 0 radical (unpaired) electrons. The Bertz CT molecular complexity index is 1000. The van der Waals surface area contributed by atoms with Gasteiger partial charge in [0, 0.05) is 22.9 Å². The third kappa shape index (κ3) is 7.42. The van der Waals surface area contributed by atoms with Crippen LogP contribution in [0.2, 0.25) is 0 Å². The molecule has 1 aromatic heterocycles. The first kappa shape index (κ1) is 28.6. The molecular formula is C29H45N3O3. The lowest BCUT2D eigenvalue weighted by Crippen LogP contribution is -2.39. The molecule has 0 spiro atoms. The number of aromatic hydroxyl groups is 1. The molecule has 1 amide bonds. The van der Waals surface area contributed by atoms with Crippen molar-refractivity contribution in [2.45, 2.75) is 118 Å². The molecule has 1 fully saturated rings. The molecule has 6 nitrogen and oxygen atoms in total. The van der Waals surface area contributed by atoms with Crippen molar-refractivity contribution in [3.05, 3.63) is 40.8 Å². The number of carbonyl (C=O) groups excluding carboxylic acids is 1. The number of nitrogens with zero attached hydrogens (tertiary/aromatic N) is 2. The van der Waals surface area contributed by atoms with Crippen molar-refractivity contribution in [2.75, 3.05) is 0 Å². The van der Waals surface area contributed by atoms with E-state index >= 15 is 0 Å². The molecule has 4 rings (SSSR count). The highest BCUT2D eigenvalue weighted by molar-refractivity contribution is 5.74. The van der Waals surface area contributed by atoms with Gasteiger partial charge in [0.15, 0.2) is 0 Å². The summed E-state index contributed by atoms with van der Waals surface area (Å²) in [6.07, 6.45) is 8.20. The molecule has 2 aromatic rings. The standard InChI is InChI=1S/C16H18N2O.C11H21NO2.C2H6/c1-9-12-7-16(3,4)14-10(2)17-8-18-15(14)11(12)5-6-13(9)19;1-11(2,3)14-10(13)12-9-7-5-4-6-8-9;1-2/h5-6,8,19H,7H2,1-4H3;9H,4-8H2,1-3H3,(H,12,13);1-2H3. The molecule has 6 heteroatoms. The van der Waals surface area contributed by atoms with Crippen LogP contribution >= 0.6 is 0 Å². The van der Waals surface area contributed by atoms with Crippen molar-refractivity contribution in [3.63, 3.8) is 0 Å². The second kappa shape index (κ2) is 11.9. The number of rotatable bonds is 1. The van der Waals surface area contributed by atoms with Gasteiger partial charge in [0.1, 0.15) is 17.7 Å². The van der Waals surface area contributed by atoms with E-state index in [0.29, 0.717) is 11.8 Å². The Balaban J connectivity index is 0.000000241. The van der Waals surface area contributed by atoms with Crippen LogP contribution in [-0.4, -0.2) is 32.8 Å². The number of alkyl carbamates (subject to hydrolysis) is 1. The zero-order chi connectivity index (χ0) is 26.4. The monoisotopic (exact) mass is 483 g/mol. The molecule has 0 atom stereocenters. The Morgan fingerprint density at radius 2 is 1.71 bits per heavy atom. The normalized spacial score (nSPS) is 16.4. The minimum absolute atomic E-state index is 0.00771. The van der Waals surface area contributed by atoms with Gasteiger partial charge in [-0.3, -0.25) is 0 Å². The molecule has 194 valence electrons. The number of hydrogen-bond donors (Lipinski definition) is 2. The second-order valence-electron chi connectivity index (χ2n) is 11.0. The van der Waals surface area contributed by atoms with Gasteiger partial charge in [0.25, 0.3) is 0 Å². The van der Waals surface area contributed by atoms with E-state index in [9.17, 15) is 9.90 Å². The number of fused-ring (bicyclic) bond motifs is 3. The van der Waals surface area contributed by atoms with Gasteiger partial charge in [-0.2, -0.15) is 0 Å². The highest BCUT2D eigenvalue weighted by Crippen LogP contribution is 2.45. The Morgan fingerprint density at radius 3 is 2.31 bits per heavy atom. The summed E-state index contributed by atoms with van der Waals surface area (Å²) in [6, 6.07) is 4.06. The molecule has 1 heterocycles. The highest BCUT2D eigenvalue weighted by Gasteiger charge is 2.35. The maximum absolute atomic E-state index is 11.4. The number of ether oxygens (including phenoxy) is 1. The van der Waals surface area contributed by atoms with E-state index in [2.05, 4.69) is 29.1 Å². The van der Waals surface area contributed by atoms with Crippen molar-refractivity contribution in [2.24, 2.45) is 0 Å². The molecule has 2 aliphatic carbocycles. The van der Waals surface area contributed by atoms with Gasteiger partial charge in [-0.15, -0.1) is 0 Å². The molecule has 0 aliphatic heterocycles. The van der Waals surface area contributed by atoms with E-state index in [1.165, 1.54) is 30.4 Å². The van der Waals surface area contributed by atoms with Gasteiger partial charge in [0.05, 0.1) is 5.69 Å². The summed E-state index contributed by atoms with van der Waals surface area (Å²) in [5.74, 6) is 0.365. The SMILES string of the molecule is CC.CC(C)(C)OC(=O)NC1CCCCC1.Cc1ncnc2c1C(C)(C)Cc1c-2ccc(O)c1C. The van der Waals surface area contributed by atoms with Crippen molar-refractivity contribution < 1.29 is 14.6 Å². The quantitative estimate of drug-likeness (QED) is 0.449. The largest absolute Gasteiger partial charge is 0.508 e. The van der Waals surface area contributed by atoms with Crippen LogP contribution in [0.25, 0.3) is 11.3 Å². The number of carbonyl (C=O) groups is 1. The molecule has 1 saturated carbocycles.